The Morgan fingerprint density at radius 2 is 0.690 bits per heavy atom. The van der Waals surface area contributed by atoms with E-state index in [1.54, 1.807) is 6.07 Å². The summed E-state index contributed by atoms with van der Waals surface area (Å²) in [5.41, 5.74) is 7.73. The van der Waals surface area contributed by atoms with Crippen molar-refractivity contribution >= 4 is 11.0 Å². The molecule has 274 valence electrons. The van der Waals surface area contributed by atoms with Crippen molar-refractivity contribution in [1.82, 2.24) is 39.5 Å². The van der Waals surface area contributed by atoms with E-state index in [9.17, 15) is 4.39 Å². The third-order valence-electron chi connectivity index (χ3n) is 9.73. The van der Waals surface area contributed by atoms with E-state index in [0.29, 0.717) is 57.5 Å². The van der Waals surface area contributed by atoms with Crippen LogP contribution in [0.5, 0.6) is 0 Å². The number of fused-ring (bicyclic) bond motifs is 1. The molecule has 0 aliphatic heterocycles. The molecule has 10 aromatic rings. The second-order valence-corrected chi connectivity index (χ2v) is 13.6. The summed E-state index contributed by atoms with van der Waals surface area (Å²) in [4.78, 5) is 35.3. The third kappa shape index (κ3) is 6.77. The summed E-state index contributed by atoms with van der Waals surface area (Å²) in [7, 11) is 0. The normalized spacial score (nSPS) is 11.2. The SMILES string of the molecule is Fc1cccc(-c2nc3ccccc3n2-c2cc(-c3nc(-c4ccccc4)nc(-c4ccccc4)n3)cc(-c3nc(-c4ccccc4)nc(-c4ccccc4)n3)c2)c1. The number of rotatable bonds is 8. The highest BCUT2D eigenvalue weighted by Gasteiger charge is 2.21. The molecule has 3 heterocycles. The Hall–Kier alpha value is -8.04. The largest absolute Gasteiger partial charge is 0.292 e. The molecule has 58 heavy (non-hydrogen) atoms. The Balaban J connectivity index is 1.27. The van der Waals surface area contributed by atoms with Gasteiger partial charge in [0.25, 0.3) is 0 Å². The molecule has 0 aliphatic rings. The Morgan fingerprint density at radius 1 is 0.310 bits per heavy atom. The fraction of sp³-hybridized carbons (Fsp3) is 0. The smallest absolute Gasteiger partial charge is 0.164 e. The van der Waals surface area contributed by atoms with Crippen LogP contribution in [0.25, 0.3) is 96.4 Å². The van der Waals surface area contributed by atoms with Crippen molar-refractivity contribution in [3.8, 4) is 85.4 Å². The van der Waals surface area contributed by atoms with Crippen molar-refractivity contribution < 1.29 is 4.39 Å². The van der Waals surface area contributed by atoms with Crippen LogP contribution in [0.2, 0.25) is 0 Å². The Bertz CT molecular complexity index is 2800. The highest BCUT2D eigenvalue weighted by Crippen LogP contribution is 2.35. The lowest BCUT2D eigenvalue weighted by Gasteiger charge is -2.15. The fourth-order valence-corrected chi connectivity index (χ4v) is 6.98. The van der Waals surface area contributed by atoms with E-state index >= 15 is 0 Å². The van der Waals surface area contributed by atoms with Crippen molar-refractivity contribution in [3.05, 3.63) is 194 Å². The van der Waals surface area contributed by atoms with Crippen molar-refractivity contribution in [1.29, 1.82) is 0 Å². The number of hydrogen-bond donors (Lipinski definition) is 0. The second kappa shape index (κ2) is 14.9. The first-order valence-corrected chi connectivity index (χ1v) is 18.8. The molecular weight excluding hydrogens is 720 g/mol. The van der Waals surface area contributed by atoms with Crippen LogP contribution in [-0.2, 0) is 0 Å². The minimum absolute atomic E-state index is 0.357. The van der Waals surface area contributed by atoms with Gasteiger partial charge in [-0.25, -0.2) is 39.3 Å². The van der Waals surface area contributed by atoms with E-state index in [2.05, 4.69) is 0 Å². The zero-order valence-corrected chi connectivity index (χ0v) is 30.9. The molecule has 9 heteroatoms. The molecule has 0 bridgehead atoms. The summed E-state index contributed by atoms with van der Waals surface area (Å²) in [5, 5.41) is 0. The highest BCUT2D eigenvalue weighted by atomic mass is 19.1. The van der Waals surface area contributed by atoms with E-state index in [1.165, 1.54) is 12.1 Å². The summed E-state index contributed by atoms with van der Waals surface area (Å²) in [6, 6.07) is 59.9. The number of halogens is 1. The molecule has 0 saturated carbocycles. The lowest BCUT2D eigenvalue weighted by Crippen LogP contribution is -2.04. The minimum atomic E-state index is -0.357. The maximum Gasteiger partial charge on any atom is 0.164 e. The number of nitrogens with zero attached hydrogens (tertiary/aromatic N) is 8. The number of para-hydroxylation sites is 2. The van der Waals surface area contributed by atoms with E-state index < -0.39 is 0 Å². The van der Waals surface area contributed by atoms with Gasteiger partial charge in [0, 0.05) is 44.6 Å². The number of aromatic nitrogens is 8. The third-order valence-corrected chi connectivity index (χ3v) is 9.73. The van der Waals surface area contributed by atoms with Gasteiger partial charge >= 0.3 is 0 Å². The van der Waals surface area contributed by atoms with Gasteiger partial charge in [-0.3, -0.25) is 4.57 Å². The fourth-order valence-electron chi connectivity index (χ4n) is 6.98. The first-order chi connectivity index (χ1) is 28.6. The quantitative estimate of drug-likeness (QED) is 0.153. The molecule has 7 aromatic carbocycles. The van der Waals surface area contributed by atoms with Crippen LogP contribution in [-0.4, -0.2) is 39.5 Å². The molecule has 0 unspecified atom stereocenters. The Labute approximate surface area is 333 Å². The number of imidazole rings is 1. The van der Waals surface area contributed by atoms with Crippen LogP contribution >= 0.6 is 0 Å². The van der Waals surface area contributed by atoms with Gasteiger partial charge in [-0.1, -0.05) is 146 Å². The average molecular weight is 751 g/mol. The molecule has 0 aliphatic carbocycles. The van der Waals surface area contributed by atoms with Crippen LogP contribution in [0.3, 0.4) is 0 Å². The number of hydrogen-bond acceptors (Lipinski definition) is 7. The molecule has 8 nitrogen and oxygen atoms in total. The molecule has 0 radical (unpaired) electrons. The van der Waals surface area contributed by atoms with Crippen LogP contribution in [0.15, 0.2) is 188 Å². The predicted octanol–water partition coefficient (Wildman–Crippen LogP) is 11.2. The average Bonchev–Trinajstić information content (AvgIpc) is 3.70. The lowest BCUT2D eigenvalue weighted by molar-refractivity contribution is 0.628. The van der Waals surface area contributed by atoms with Gasteiger partial charge in [0.15, 0.2) is 34.9 Å². The molecule has 3 aromatic heterocycles. The van der Waals surface area contributed by atoms with Crippen molar-refractivity contribution in [3.63, 3.8) is 0 Å². The summed E-state index contributed by atoms with van der Waals surface area (Å²) in [6.45, 7) is 0. The molecule has 10 rings (SSSR count). The molecular formula is C49H31FN8. The predicted molar refractivity (Wildman–Crippen MR) is 226 cm³/mol. The summed E-state index contributed by atoms with van der Waals surface area (Å²) in [6.07, 6.45) is 0. The first-order valence-electron chi connectivity index (χ1n) is 18.8. The first kappa shape index (κ1) is 34.5. The van der Waals surface area contributed by atoms with Crippen molar-refractivity contribution in [2.45, 2.75) is 0 Å². The van der Waals surface area contributed by atoms with Gasteiger partial charge in [-0.15, -0.1) is 0 Å². The molecule has 0 saturated heterocycles. The standard InChI is InChI=1S/C49H31FN8/c50-39-25-15-24-36(29-39)49-51-41-26-13-14-27-42(41)58(49)40-30-37(47-54-43(32-16-5-1-6-17-32)52-44(55-47)33-18-7-2-8-19-33)28-38(31-40)48-56-45(34-20-9-3-10-21-34)53-46(57-48)35-22-11-4-12-23-35/h1-31H. The van der Waals surface area contributed by atoms with Crippen LogP contribution in [0.4, 0.5) is 4.39 Å². The molecule has 0 amide bonds. The van der Waals surface area contributed by atoms with Gasteiger partial charge < -0.3 is 0 Å². The summed E-state index contributed by atoms with van der Waals surface area (Å²) >= 11 is 0. The van der Waals surface area contributed by atoms with Gasteiger partial charge in [0.2, 0.25) is 0 Å². The van der Waals surface area contributed by atoms with Crippen molar-refractivity contribution in [2.75, 3.05) is 0 Å². The Morgan fingerprint density at radius 3 is 1.12 bits per heavy atom. The van der Waals surface area contributed by atoms with E-state index in [-0.39, 0.29) is 5.82 Å². The summed E-state index contributed by atoms with van der Waals surface area (Å²) in [5.74, 6) is 3.24. The second-order valence-electron chi connectivity index (χ2n) is 13.6. The van der Waals surface area contributed by atoms with Crippen LogP contribution < -0.4 is 0 Å². The lowest BCUT2D eigenvalue weighted by atomic mass is 10.1. The van der Waals surface area contributed by atoms with Gasteiger partial charge in [0.1, 0.15) is 11.6 Å². The van der Waals surface area contributed by atoms with E-state index in [4.69, 9.17) is 34.9 Å². The topological polar surface area (TPSA) is 95.2 Å². The summed E-state index contributed by atoms with van der Waals surface area (Å²) < 4.78 is 16.9. The minimum Gasteiger partial charge on any atom is -0.292 e. The monoisotopic (exact) mass is 750 g/mol. The number of benzene rings is 7. The highest BCUT2D eigenvalue weighted by molar-refractivity contribution is 5.85. The zero-order chi connectivity index (χ0) is 38.8. The maximum atomic E-state index is 14.8. The van der Waals surface area contributed by atoms with E-state index in [1.807, 2.05) is 174 Å². The van der Waals surface area contributed by atoms with Gasteiger partial charge in [-0.05, 0) is 42.5 Å². The van der Waals surface area contributed by atoms with Crippen molar-refractivity contribution in [2.24, 2.45) is 0 Å². The maximum absolute atomic E-state index is 14.8. The molecule has 0 fully saturated rings. The van der Waals surface area contributed by atoms with Gasteiger partial charge in [0.05, 0.1) is 11.0 Å². The zero-order valence-electron chi connectivity index (χ0n) is 30.9. The molecule has 0 spiro atoms. The molecule has 0 atom stereocenters. The Kier molecular flexibility index (Phi) is 8.85. The van der Waals surface area contributed by atoms with Crippen LogP contribution in [0, 0.1) is 5.82 Å². The molecule has 0 N–H and O–H groups in total. The van der Waals surface area contributed by atoms with Gasteiger partial charge in [-0.2, -0.15) is 0 Å². The van der Waals surface area contributed by atoms with Crippen LogP contribution in [0.1, 0.15) is 0 Å². The van der Waals surface area contributed by atoms with E-state index in [0.717, 1.165) is 39.0 Å².